The van der Waals surface area contributed by atoms with Crippen molar-refractivity contribution < 1.29 is 23.1 Å². The molecule has 0 unspecified atom stereocenters. The van der Waals surface area contributed by atoms with Crippen LogP contribution in [0.2, 0.25) is 0 Å². The van der Waals surface area contributed by atoms with Gasteiger partial charge in [0.2, 0.25) is 0 Å². The highest BCUT2D eigenvalue weighted by Gasteiger charge is 2.42. The third-order valence-corrected chi connectivity index (χ3v) is 4.43. The molecule has 0 aromatic heterocycles. The van der Waals surface area contributed by atoms with E-state index in [1.54, 1.807) is 0 Å². The minimum Gasteiger partial charge on any atom is -0.350 e. The maximum Gasteiger partial charge on any atom is 0.339 e. The van der Waals surface area contributed by atoms with Gasteiger partial charge in [-0.3, -0.25) is 0 Å². The molecule has 23 heavy (non-hydrogen) atoms. The summed E-state index contributed by atoms with van der Waals surface area (Å²) in [5.41, 5.74) is 1.80. The lowest BCUT2D eigenvalue weighted by atomic mass is 9.71. The first-order valence-corrected chi connectivity index (χ1v) is 7.90. The van der Waals surface area contributed by atoms with E-state index >= 15 is 0 Å². The summed E-state index contributed by atoms with van der Waals surface area (Å²) >= 11 is 0. The summed E-state index contributed by atoms with van der Waals surface area (Å²) in [5.74, 6) is -1.29. The van der Waals surface area contributed by atoms with Crippen molar-refractivity contribution >= 4 is 6.03 Å². The van der Waals surface area contributed by atoms with Crippen molar-refractivity contribution in [1.82, 2.24) is 10.8 Å². The van der Waals surface area contributed by atoms with Gasteiger partial charge in [0, 0.05) is 24.7 Å². The molecule has 1 aromatic carbocycles. The molecule has 1 aromatic rings. The monoisotopic (exact) mass is 326 g/mol. The number of urea groups is 1. The molecule has 5 nitrogen and oxygen atoms in total. The summed E-state index contributed by atoms with van der Waals surface area (Å²) in [7, 11) is 0. The first kappa shape index (κ1) is 16.1. The predicted molar refractivity (Wildman–Crippen MR) is 78.2 cm³/mol. The van der Waals surface area contributed by atoms with Crippen LogP contribution in [0.25, 0.3) is 0 Å². The molecular formula is C16H20F2N2O3. The first-order valence-electron chi connectivity index (χ1n) is 7.90. The molecule has 1 heterocycles. The van der Waals surface area contributed by atoms with Crippen molar-refractivity contribution in [3.63, 3.8) is 0 Å². The lowest BCUT2D eigenvalue weighted by Crippen LogP contribution is -2.54. The number of nitrogens with one attached hydrogen (secondary N) is 2. The summed E-state index contributed by atoms with van der Waals surface area (Å²) in [6, 6.07) is 2.86. The minimum absolute atomic E-state index is 0.300. The second-order valence-corrected chi connectivity index (χ2v) is 6.03. The normalized spacial score (nSPS) is 23.0. The van der Waals surface area contributed by atoms with Gasteiger partial charge in [0.1, 0.15) is 11.6 Å². The van der Waals surface area contributed by atoms with Crippen molar-refractivity contribution in [3.05, 3.63) is 35.4 Å². The van der Waals surface area contributed by atoms with Crippen molar-refractivity contribution in [1.29, 1.82) is 0 Å². The van der Waals surface area contributed by atoms with Crippen LogP contribution in [0.1, 0.15) is 44.1 Å². The number of hydrogen-bond acceptors (Lipinski definition) is 3. The fourth-order valence-corrected chi connectivity index (χ4v) is 3.04. The number of carbonyl (C=O) groups is 1. The molecule has 1 atom stereocenters. The van der Waals surface area contributed by atoms with Crippen molar-refractivity contribution in [2.24, 2.45) is 0 Å². The highest BCUT2D eigenvalue weighted by molar-refractivity contribution is 5.74. The van der Waals surface area contributed by atoms with Crippen LogP contribution in [0, 0.1) is 11.6 Å². The molecule has 2 N–H and O–H groups in total. The molecular weight excluding hydrogens is 306 g/mol. The number of halogens is 2. The Kier molecular flexibility index (Phi) is 4.77. The fourth-order valence-electron chi connectivity index (χ4n) is 3.04. The number of ether oxygens (including phenoxy) is 1. The Morgan fingerprint density at radius 1 is 1.26 bits per heavy atom. The van der Waals surface area contributed by atoms with Crippen LogP contribution in [-0.4, -0.2) is 18.9 Å². The molecule has 0 bridgehead atoms. The van der Waals surface area contributed by atoms with Gasteiger partial charge >= 0.3 is 6.03 Å². The highest BCUT2D eigenvalue weighted by Crippen LogP contribution is 2.42. The van der Waals surface area contributed by atoms with E-state index in [2.05, 4.69) is 10.8 Å². The molecule has 1 saturated carbocycles. The van der Waals surface area contributed by atoms with E-state index in [4.69, 9.17) is 9.57 Å². The zero-order valence-corrected chi connectivity index (χ0v) is 12.7. The van der Waals surface area contributed by atoms with Crippen LogP contribution < -0.4 is 10.8 Å². The summed E-state index contributed by atoms with van der Waals surface area (Å²) in [6.45, 7) is 0.610. The molecule has 0 radical (unpaired) electrons. The van der Waals surface area contributed by atoms with E-state index in [0.29, 0.717) is 25.0 Å². The molecule has 0 spiro atoms. The third-order valence-electron chi connectivity index (χ3n) is 4.43. The fraction of sp³-hybridized carbons (Fsp3) is 0.562. The van der Waals surface area contributed by atoms with Crippen LogP contribution in [-0.2, 0) is 15.1 Å². The molecule has 1 aliphatic heterocycles. The number of benzene rings is 1. The summed E-state index contributed by atoms with van der Waals surface area (Å²) in [6.07, 6.45) is 4.31. The van der Waals surface area contributed by atoms with Crippen molar-refractivity contribution in [2.75, 3.05) is 6.61 Å². The Morgan fingerprint density at radius 2 is 2.09 bits per heavy atom. The minimum atomic E-state index is -0.807. The molecule has 2 amide bonds. The van der Waals surface area contributed by atoms with Gasteiger partial charge < -0.3 is 10.1 Å². The standard InChI is InChI=1S/C16H20F2N2O3/c17-11-5-6-12(13(18)10-11)16(7-3-8-16)19-15(21)20-23-14-4-1-2-9-22-14/h5-6,10,14H,1-4,7-9H2,(H2,19,20,21)/t14-/m0/s1. The lowest BCUT2D eigenvalue weighted by molar-refractivity contribution is -0.186. The molecule has 2 aliphatic rings. The summed E-state index contributed by atoms with van der Waals surface area (Å²) < 4.78 is 32.5. The predicted octanol–water partition coefficient (Wildman–Crippen LogP) is 3.10. The Morgan fingerprint density at radius 3 is 2.70 bits per heavy atom. The number of hydroxylamine groups is 1. The second-order valence-electron chi connectivity index (χ2n) is 6.03. The van der Waals surface area contributed by atoms with E-state index in [9.17, 15) is 13.6 Å². The van der Waals surface area contributed by atoms with Gasteiger partial charge in [-0.1, -0.05) is 6.07 Å². The van der Waals surface area contributed by atoms with Crippen molar-refractivity contribution in [2.45, 2.75) is 50.4 Å². The number of rotatable bonds is 4. The van der Waals surface area contributed by atoms with E-state index in [0.717, 1.165) is 31.7 Å². The quantitative estimate of drug-likeness (QED) is 0.836. The zero-order valence-electron chi connectivity index (χ0n) is 12.7. The smallest absolute Gasteiger partial charge is 0.339 e. The van der Waals surface area contributed by atoms with Gasteiger partial charge in [0.25, 0.3) is 0 Å². The molecule has 1 saturated heterocycles. The average Bonchev–Trinajstić information content (AvgIpc) is 2.50. The summed E-state index contributed by atoms with van der Waals surface area (Å²) in [5, 5.41) is 2.75. The van der Waals surface area contributed by atoms with Gasteiger partial charge in [0.15, 0.2) is 6.29 Å². The van der Waals surface area contributed by atoms with Crippen LogP contribution in [0.15, 0.2) is 18.2 Å². The van der Waals surface area contributed by atoms with Crippen LogP contribution in [0.3, 0.4) is 0 Å². The largest absolute Gasteiger partial charge is 0.350 e. The molecule has 3 rings (SSSR count). The van der Waals surface area contributed by atoms with E-state index in [-0.39, 0.29) is 0 Å². The second kappa shape index (κ2) is 6.80. The molecule has 126 valence electrons. The third kappa shape index (κ3) is 3.61. The van der Waals surface area contributed by atoms with Gasteiger partial charge in [-0.05, 0) is 38.2 Å². The van der Waals surface area contributed by atoms with Gasteiger partial charge in [-0.2, -0.15) is 0 Å². The molecule has 2 fully saturated rings. The average molecular weight is 326 g/mol. The maximum absolute atomic E-state index is 14.0. The maximum atomic E-state index is 14.0. The van der Waals surface area contributed by atoms with Gasteiger partial charge in [-0.15, -0.1) is 0 Å². The van der Waals surface area contributed by atoms with Crippen molar-refractivity contribution in [3.8, 4) is 0 Å². The summed E-state index contributed by atoms with van der Waals surface area (Å²) in [4.78, 5) is 17.3. The van der Waals surface area contributed by atoms with Crippen LogP contribution in [0.4, 0.5) is 13.6 Å². The SMILES string of the molecule is O=C(NO[C@H]1CCCCO1)NC1(c2ccc(F)cc2F)CCC1. The Hall–Kier alpha value is -1.73. The molecule has 7 heteroatoms. The number of hydrogen-bond donors (Lipinski definition) is 2. The molecule has 1 aliphatic carbocycles. The lowest BCUT2D eigenvalue weighted by Gasteiger charge is -2.43. The van der Waals surface area contributed by atoms with Crippen LogP contribution >= 0.6 is 0 Å². The number of carbonyl (C=O) groups excluding carboxylic acids is 1. The Bertz CT molecular complexity index is 572. The van der Waals surface area contributed by atoms with Gasteiger partial charge in [0.05, 0.1) is 5.54 Å². The van der Waals surface area contributed by atoms with E-state index < -0.39 is 29.5 Å². The Balaban J connectivity index is 1.60. The van der Waals surface area contributed by atoms with Crippen LogP contribution in [0.5, 0.6) is 0 Å². The van der Waals surface area contributed by atoms with Gasteiger partial charge in [-0.25, -0.2) is 23.9 Å². The number of amides is 2. The zero-order chi connectivity index (χ0) is 16.3. The first-order chi connectivity index (χ1) is 11.1. The Labute approximate surface area is 133 Å². The highest BCUT2D eigenvalue weighted by atomic mass is 19.1. The topological polar surface area (TPSA) is 59.6 Å². The van der Waals surface area contributed by atoms with E-state index in [1.807, 2.05) is 0 Å². The van der Waals surface area contributed by atoms with E-state index in [1.165, 1.54) is 12.1 Å².